The Morgan fingerprint density at radius 1 is 1.36 bits per heavy atom. The normalized spacial score (nSPS) is 13.0. The van der Waals surface area contributed by atoms with E-state index in [1.54, 1.807) is 25.3 Å². The molecule has 3 rings (SSSR count). The van der Waals surface area contributed by atoms with Gasteiger partial charge in [0.1, 0.15) is 11.6 Å². The van der Waals surface area contributed by atoms with Crippen molar-refractivity contribution in [3.05, 3.63) is 58.2 Å². The van der Waals surface area contributed by atoms with E-state index in [1.807, 2.05) is 0 Å². The first kappa shape index (κ1) is 17.4. The second kappa shape index (κ2) is 7.61. The highest BCUT2D eigenvalue weighted by Crippen LogP contribution is 2.38. The zero-order chi connectivity index (χ0) is 17.8. The summed E-state index contributed by atoms with van der Waals surface area (Å²) in [6.07, 6.45) is 7.03. The Kier molecular flexibility index (Phi) is 5.28. The number of nitrogens with zero attached hydrogens (tertiary/aromatic N) is 1. The lowest BCUT2D eigenvalue weighted by atomic mass is 9.95. The van der Waals surface area contributed by atoms with Gasteiger partial charge in [-0.25, -0.2) is 4.79 Å². The summed E-state index contributed by atoms with van der Waals surface area (Å²) in [6.45, 7) is 5.74. The van der Waals surface area contributed by atoms with E-state index < -0.39 is 5.97 Å². The third kappa shape index (κ3) is 3.96. The van der Waals surface area contributed by atoms with Gasteiger partial charge in [0.25, 0.3) is 5.91 Å². The van der Waals surface area contributed by atoms with Gasteiger partial charge in [0, 0.05) is 17.3 Å². The van der Waals surface area contributed by atoms with Crippen molar-refractivity contribution in [2.24, 2.45) is 0 Å². The molecule has 0 fully saturated rings. The molecule has 130 valence electrons. The number of thiophene rings is 1. The molecule has 1 aliphatic carbocycles. The number of anilines is 1. The lowest BCUT2D eigenvalue weighted by Crippen LogP contribution is -2.16. The van der Waals surface area contributed by atoms with E-state index in [4.69, 9.17) is 4.74 Å². The van der Waals surface area contributed by atoms with Gasteiger partial charge in [-0.05, 0) is 55.9 Å². The molecule has 5 nitrogen and oxygen atoms in total. The molecule has 1 aliphatic rings. The lowest BCUT2D eigenvalue weighted by molar-refractivity contribution is 0.0540. The zero-order valence-electron chi connectivity index (χ0n) is 14.1. The van der Waals surface area contributed by atoms with Gasteiger partial charge in [0.15, 0.2) is 0 Å². The van der Waals surface area contributed by atoms with Gasteiger partial charge in [-0.1, -0.05) is 6.58 Å². The number of fused-ring (bicyclic) bond motifs is 1. The summed E-state index contributed by atoms with van der Waals surface area (Å²) in [4.78, 5) is 30.2. The Balaban J connectivity index is 1.90. The number of pyridine rings is 1. The Labute approximate surface area is 150 Å². The van der Waals surface area contributed by atoms with Gasteiger partial charge in [0.05, 0.1) is 11.1 Å². The summed E-state index contributed by atoms with van der Waals surface area (Å²) in [7, 11) is 0. The van der Waals surface area contributed by atoms with E-state index in [0.29, 0.717) is 16.1 Å². The molecule has 0 aromatic carbocycles. The fraction of sp³-hybridized carbons (Fsp3) is 0.316. The van der Waals surface area contributed by atoms with E-state index in [1.165, 1.54) is 17.5 Å². The topological polar surface area (TPSA) is 68.3 Å². The molecule has 2 heterocycles. The first-order valence-electron chi connectivity index (χ1n) is 8.23. The molecule has 1 N–H and O–H groups in total. The maximum atomic E-state index is 12.6. The van der Waals surface area contributed by atoms with Crippen molar-refractivity contribution in [3.63, 3.8) is 0 Å². The van der Waals surface area contributed by atoms with Crippen molar-refractivity contribution >= 4 is 28.2 Å². The molecule has 0 saturated carbocycles. The average Bonchev–Trinajstić information content (AvgIpc) is 2.98. The number of carbonyl (C=O) groups is 2. The molecule has 25 heavy (non-hydrogen) atoms. The quantitative estimate of drug-likeness (QED) is 0.649. The third-order valence-corrected chi connectivity index (χ3v) is 5.18. The molecular formula is C19H20N2O3S. The van der Waals surface area contributed by atoms with Crippen LogP contribution >= 0.6 is 11.3 Å². The van der Waals surface area contributed by atoms with Crippen molar-refractivity contribution in [1.82, 2.24) is 4.98 Å². The number of esters is 1. The minimum Gasteiger partial charge on any atom is -0.458 e. The minimum absolute atomic E-state index is 0.180. The molecule has 1 amide bonds. The van der Waals surface area contributed by atoms with Gasteiger partial charge in [-0.2, -0.15) is 0 Å². The molecule has 0 aliphatic heterocycles. The van der Waals surface area contributed by atoms with E-state index in [0.717, 1.165) is 41.7 Å². The van der Waals surface area contributed by atoms with Crippen LogP contribution < -0.4 is 5.32 Å². The largest absolute Gasteiger partial charge is 0.458 e. The van der Waals surface area contributed by atoms with E-state index in [2.05, 4.69) is 16.9 Å². The number of amides is 1. The summed E-state index contributed by atoms with van der Waals surface area (Å²) in [6, 6.07) is 3.39. The molecule has 0 bridgehead atoms. The van der Waals surface area contributed by atoms with Crippen LogP contribution in [0.4, 0.5) is 5.00 Å². The van der Waals surface area contributed by atoms with Crippen LogP contribution in [0.5, 0.6) is 0 Å². The highest BCUT2D eigenvalue weighted by molar-refractivity contribution is 7.17. The molecule has 2 aromatic rings. The van der Waals surface area contributed by atoms with Crippen LogP contribution in [0, 0.1) is 0 Å². The smallest absolute Gasteiger partial charge is 0.341 e. The van der Waals surface area contributed by atoms with E-state index in [-0.39, 0.29) is 12.5 Å². The van der Waals surface area contributed by atoms with Crippen molar-refractivity contribution < 1.29 is 14.3 Å². The molecule has 0 atom stereocenters. The van der Waals surface area contributed by atoms with Crippen LogP contribution in [0.3, 0.4) is 0 Å². The number of carbonyl (C=O) groups excluding carboxylic acids is 2. The molecule has 2 aromatic heterocycles. The van der Waals surface area contributed by atoms with Gasteiger partial charge >= 0.3 is 5.97 Å². The number of hydrogen-bond acceptors (Lipinski definition) is 5. The fourth-order valence-corrected chi connectivity index (χ4v) is 4.08. The van der Waals surface area contributed by atoms with Crippen LogP contribution in [0.2, 0.25) is 0 Å². The van der Waals surface area contributed by atoms with Crippen LogP contribution in [0.1, 0.15) is 50.9 Å². The van der Waals surface area contributed by atoms with Crippen molar-refractivity contribution in [2.45, 2.75) is 32.6 Å². The van der Waals surface area contributed by atoms with Gasteiger partial charge in [-0.15, -0.1) is 11.3 Å². The second-order valence-electron chi connectivity index (χ2n) is 6.14. The van der Waals surface area contributed by atoms with Gasteiger partial charge in [0.2, 0.25) is 0 Å². The van der Waals surface area contributed by atoms with Crippen LogP contribution in [-0.2, 0) is 17.6 Å². The second-order valence-corrected chi connectivity index (χ2v) is 7.25. The predicted molar refractivity (Wildman–Crippen MR) is 98.2 cm³/mol. The minimum atomic E-state index is -0.399. The molecule has 0 saturated heterocycles. The molecule has 0 spiro atoms. The van der Waals surface area contributed by atoms with Crippen molar-refractivity contribution in [1.29, 1.82) is 0 Å². The zero-order valence-corrected chi connectivity index (χ0v) is 14.9. The molecule has 0 radical (unpaired) electrons. The Hall–Kier alpha value is -2.47. The summed E-state index contributed by atoms with van der Waals surface area (Å²) < 4.78 is 5.35. The first-order valence-corrected chi connectivity index (χ1v) is 9.05. The summed E-state index contributed by atoms with van der Waals surface area (Å²) >= 11 is 1.47. The van der Waals surface area contributed by atoms with E-state index in [9.17, 15) is 9.59 Å². The Bertz CT molecular complexity index is 812. The van der Waals surface area contributed by atoms with Crippen molar-refractivity contribution in [2.75, 3.05) is 11.9 Å². The number of ether oxygens (including phenoxy) is 1. The van der Waals surface area contributed by atoms with Crippen LogP contribution in [-0.4, -0.2) is 23.5 Å². The van der Waals surface area contributed by atoms with E-state index >= 15 is 0 Å². The predicted octanol–water partition coefficient (Wildman–Crippen LogP) is 4.01. The molecular weight excluding hydrogens is 336 g/mol. The molecule has 6 heteroatoms. The van der Waals surface area contributed by atoms with Crippen LogP contribution in [0.15, 0.2) is 36.7 Å². The maximum absolute atomic E-state index is 12.6. The highest BCUT2D eigenvalue weighted by atomic mass is 32.1. The Morgan fingerprint density at radius 2 is 2.16 bits per heavy atom. The third-order valence-electron chi connectivity index (χ3n) is 3.98. The van der Waals surface area contributed by atoms with Crippen molar-refractivity contribution in [3.8, 4) is 0 Å². The monoisotopic (exact) mass is 356 g/mol. The number of rotatable bonds is 5. The van der Waals surface area contributed by atoms with Gasteiger partial charge < -0.3 is 10.1 Å². The Morgan fingerprint density at radius 3 is 2.88 bits per heavy atom. The van der Waals surface area contributed by atoms with Crippen LogP contribution in [0.25, 0.3) is 0 Å². The summed E-state index contributed by atoms with van der Waals surface area (Å²) in [5.74, 6) is -0.676. The lowest BCUT2D eigenvalue weighted by Gasteiger charge is -2.13. The number of hydrogen-bond donors (Lipinski definition) is 1. The molecule has 0 unspecified atom stereocenters. The average molecular weight is 356 g/mol. The number of aryl methyl sites for hydroxylation is 1. The summed E-state index contributed by atoms with van der Waals surface area (Å²) in [5.41, 5.74) is 2.75. The summed E-state index contributed by atoms with van der Waals surface area (Å²) in [5, 5.41) is 3.43. The fourth-order valence-electron chi connectivity index (χ4n) is 2.80. The van der Waals surface area contributed by atoms with Gasteiger partial charge in [-0.3, -0.25) is 9.78 Å². The SMILES string of the molecule is C=C(C)COC(=O)c1c(NC(=O)c2cccnc2)sc2c1CCCC2. The maximum Gasteiger partial charge on any atom is 0.341 e. The number of aromatic nitrogens is 1. The highest BCUT2D eigenvalue weighted by Gasteiger charge is 2.27. The number of nitrogens with one attached hydrogen (secondary N) is 1. The first-order chi connectivity index (χ1) is 12.1. The standard InChI is InChI=1S/C19H20N2O3S/c1-12(2)11-24-19(23)16-14-7-3-4-8-15(14)25-18(16)21-17(22)13-6-5-9-20-10-13/h5-6,9-10H,1,3-4,7-8,11H2,2H3,(H,21,22).